The Morgan fingerprint density at radius 3 is 2.55 bits per heavy atom. The lowest BCUT2D eigenvalue weighted by Gasteiger charge is -2.27. The minimum absolute atomic E-state index is 0.0157. The van der Waals surface area contributed by atoms with Crippen LogP contribution >= 0.6 is 0 Å². The molecule has 3 aliphatic rings. The van der Waals surface area contributed by atoms with Crippen molar-refractivity contribution in [1.82, 2.24) is 4.90 Å². The molecular formula is C24H28N2O3. The maximum Gasteiger partial charge on any atom is 0.228 e. The van der Waals surface area contributed by atoms with E-state index in [0.717, 1.165) is 49.2 Å². The Hall–Kier alpha value is -2.21. The molecule has 1 saturated heterocycles. The molecular weight excluding hydrogens is 364 g/mol. The van der Waals surface area contributed by atoms with Gasteiger partial charge in [0.2, 0.25) is 5.91 Å². The summed E-state index contributed by atoms with van der Waals surface area (Å²) in [6.07, 6.45) is 2.24. The van der Waals surface area contributed by atoms with Crippen molar-refractivity contribution in [2.24, 2.45) is 11.8 Å². The van der Waals surface area contributed by atoms with Crippen molar-refractivity contribution in [2.75, 3.05) is 25.0 Å². The fraction of sp³-hybridized carbons (Fsp3) is 0.458. The molecule has 0 spiro atoms. The quantitative estimate of drug-likeness (QED) is 0.731. The van der Waals surface area contributed by atoms with E-state index in [2.05, 4.69) is 22.3 Å². The topological polar surface area (TPSA) is 72.8 Å². The third-order valence-corrected chi connectivity index (χ3v) is 6.88. The molecule has 1 aliphatic carbocycles. The zero-order chi connectivity index (χ0) is 20.0. The number of aliphatic hydroxyl groups is 2. The number of amides is 1. The second-order valence-corrected chi connectivity index (χ2v) is 9.19. The first-order chi connectivity index (χ1) is 14.0. The summed E-state index contributed by atoms with van der Waals surface area (Å²) in [5.41, 5.74) is 3.31. The number of rotatable bonds is 5. The number of carbonyl (C=O) groups excluding carboxylic acids is 1. The zero-order valence-electron chi connectivity index (χ0n) is 16.6. The number of β-amino-alcohol motifs (C(OH)–C–C–N with tert-alkyl or cyclic N) is 1. The van der Waals surface area contributed by atoms with Gasteiger partial charge in [-0.15, -0.1) is 0 Å². The number of anilines is 1. The lowest BCUT2D eigenvalue weighted by Crippen LogP contribution is -2.33. The third kappa shape index (κ3) is 3.82. The van der Waals surface area contributed by atoms with Crippen LogP contribution in [0.3, 0.4) is 0 Å². The summed E-state index contributed by atoms with van der Waals surface area (Å²) in [5, 5.41) is 24.7. The number of likely N-dealkylation sites (tertiary alicyclic amines) is 1. The average molecular weight is 392 g/mol. The Balaban J connectivity index is 1.18. The van der Waals surface area contributed by atoms with Gasteiger partial charge in [0.1, 0.15) is 0 Å². The van der Waals surface area contributed by atoms with Gasteiger partial charge in [-0.3, -0.25) is 9.69 Å². The van der Waals surface area contributed by atoms with Gasteiger partial charge in [-0.25, -0.2) is 0 Å². The predicted molar refractivity (Wildman–Crippen MR) is 111 cm³/mol. The van der Waals surface area contributed by atoms with Crippen molar-refractivity contribution in [2.45, 2.75) is 37.4 Å². The summed E-state index contributed by atoms with van der Waals surface area (Å²) in [6, 6.07) is 16.0. The van der Waals surface area contributed by atoms with Gasteiger partial charge < -0.3 is 15.5 Å². The normalized spacial score (nSPS) is 29.5. The number of nitrogens with one attached hydrogen (secondary N) is 1. The summed E-state index contributed by atoms with van der Waals surface area (Å²) in [6.45, 7) is 2.47. The van der Waals surface area contributed by atoms with Gasteiger partial charge in [0.15, 0.2) is 0 Å². The molecule has 0 radical (unpaired) electrons. The lowest BCUT2D eigenvalue weighted by atomic mass is 9.91. The Kier molecular flexibility index (Phi) is 4.69. The molecule has 1 amide bonds. The number of hydrogen-bond acceptors (Lipinski definition) is 4. The van der Waals surface area contributed by atoms with E-state index in [1.807, 2.05) is 36.4 Å². The lowest BCUT2D eigenvalue weighted by molar-refractivity contribution is -0.115. The van der Waals surface area contributed by atoms with Gasteiger partial charge in [0.05, 0.1) is 18.1 Å². The second-order valence-electron chi connectivity index (χ2n) is 9.19. The molecule has 2 fully saturated rings. The van der Waals surface area contributed by atoms with Crippen LogP contribution in [0.15, 0.2) is 48.5 Å². The van der Waals surface area contributed by atoms with Crippen LogP contribution in [0.1, 0.15) is 35.6 Å². The van der Waals surface area contributed by atoms with Crippen molar-refractivity contribution in [3.8, 4) is 0 Å². The Bertz CT molecular complexity index is 900. The molecule has 0 aromatic heterocycles. The van der Waals surface area contributed by atoms with Crippen LogP contribution in [-0.2, 0) is 17.6 Å². The molecule has 2 aromatic rings. The molecule has 29 heavy (non-hydrogen) atoms. The molecule has 2 heterocycles. The molecule has 152 valence electrons. The van der Waals surface area contributed by atoms with Crippen molar-refractivity contribution in [3.63, 3.8) is 0 Å². The molecule has 4 atom stereocenters. The maximum absolute atomic E-state index is 11.5. The summed E-state index contributed by atoms with van der Waals surface area (Å²) in [4.78, 5) is 13.9. The molecule has 2 aliphatic heterocycles. The van der Waals surface area contributed by atoms with E-state index >= 15 is 0 Å². The molecule has 5 rings (SSSR count). The highest BCUT2D eigenvalue weighted by atomic mass is 16.3. The van der Waals surface area contributed by atoms with Crippen LogP contribution in [-0.4, -0.2) is 46.3 Å². The summed E-state index contributed by atoms with van der Waals surface area (Å²) in [7, 11) is 0. The van der Waals surface area contributed by atoms with Crippen LogP contribution in [0, 0.1) is 11.8 Å². The fourth-order valence-corrected chi connectivity index (χ4v) is 5.63. The van der Waals surface area contributed by atoms with Crippen LogP contribution in [0.4, 0.5) is 5.69 Å². The molecule has 5 heteroatoms. The van der Waals surface area contributed by atoms with E-state index < -0.39 is 11.7 Å². The SMILES string of the molecule is O=C1Cc2cc(C(O)CN3CC4C[C@](O)(Cc5ccccc5)C[C@H]4C3)ccc2N1. The standard InChI is InChI=1S/C24H28N2O3/c27-22(17-6-7-21-18(8-17)9-23(28)25-21)15-26-13-19-11-24(29,12-20(19)14-26)10-16-4-2-1-3-5-16/h1-8,19-20,22,27,29H,9-15H2,(H,25,28)/t19-,20?,22?,24-/m0/s1. The van der Waals surface area contributed by atoms with E-state index in [1.165, 1.54) is 5.56 Å². The van der Waals surface area contributed by atoms with Crippen LogP contribution < -0.4 is 5.32 Å². The molecule has 5 nitrogen and oxygen atoms in total. The largest absolute Gasteiger partial charge is 0.390 e. The van der Waals surface area contributed by atoms with Crippen LogP contribution in [0.5, 0.6) is 0 Å². The number of nitrogens with zero attached hydrogens (tertiary/aromatic N) is 1. The average Bonchev–Trinajstić information content (AvgIpc) is 3.31. The molecule has 0 bridgehead atoms. The smallest absolute Gasteiger partial charge is 0.228 e. The highest BCUT2D eigenvalue weighted by Crippen LogP contribution is 2.45. The predicted octanol–water partition coefficient (Wildman–Crippen LogP) is 2.53. The van der Waals surface area contributed by atoms with Crippen molar-refractivity contribution >= 4 is 11.6 Å². The molecule has 2 unspecified atom stereocenters. The first-order valence-electron chi connectivity index (χ1n) is 10.6. The van der Waals surface area contributed by atoms with Gasteiger partial charge in [-0.1, -0.05) is 42.5 Å². The van der Waals surface area contributed by atoms with E-state index in [1.54, 1.807) is 0 Å². The number of carbonyl (C=O) groups is 1. The zero-order valence-corrected chi connectivity index (χ0v) is 16.6. The van der Waals surface area contributed by atoms with Gasteiger partial charge in [0, 0.05) is 31.7 Å². The first-order valence-corrected chi connectivity index (χ1v) is 10.6. The highest BCUT2D eigenvalue weighted by molar-refractivity contribution is 5.99. The van der Waals surface area contributed by atoms with Gasteiger partial charge >= 0.3 is 0 Å². The van der Waals surface area contributed by atoms with Crippen molar-refractivity contribution in [1.29, 1.82) is 0 Å². The summed E-state index contributed by atoms with van der Waals surface area (Å²) >= 11 is 0. The van der Waals surface area contributed by atoms with Crippen LogP contribution in [0.25, 0.3) is 0 Å². The minimum atomic E-state index is -0.596. The summed E-state index contributed by atoms with van der Waals surface area (Å²) < 4.78 is 0. The van der Waals surface area contributed by atoms with E-state index in [9.17, 15) is 15.0 Å². The van der Waals surface area contributed by atoms with Gasteiger partial charge in [0.25, 0.3) is 0 Å². The van der Waals surface area contributed by atoms with Crippen molar-refractivity contribution < 1.29 is 15.0 Å². The molecule has 2 aromatic carbocycles. The summed E-state index contributed by atoms with van der Waals surface area (Å²) in [5.74, 6) is 1.01. The molecule has 1 saturated carbocycles. The minimum Gasteiger partial charge on any atom is -0.390 e. The number of hydrogen-bond donors (Lipinski definition) is 3. The van der Waals surface area contributed by atoms with Gasteiger partial charge in [-0.2, -0.15) is 0 Å². The Labute approximate surface area is 171 Å². The van der Waals surface area contributed by atoms with E-state index in [0.29, 0.717) is 24.8 Å². The van der Waals surface area contributed by atoms with E-state index in [-0.39, 0.29) is 5.91 Å². The maximum atomic E-state index is 11.5. The second kappa shape index (κ2) is 7.24. The number of fused-ring (bicyclic) bond motifs is 2. The number of aliphatic hydroxyl groups excluding tert-OH is 1. The fourth-order valence-electron chi connectivity index (χ4n) is 5.63. The van der Waals surface area contributed by atoms with E-state index in [4.69, 9.17) is 0 Å². The number of benzene rings is 2. The molecule has 3 N–H and O–H groups in total. The first kappa shape index (κ1) is 18.8. The Morgan fingerprint density at radius 2 is 1.83 bits per heavy atom. The Morgan fingerprint density at radius 1 is 1.10 bits per heavy atom. The monoisotopic (exact) mass is 392 g/mol. The van der Waals surface area contributed by atoms with Crippen molar-refractivity contribution in [3.05, 3.63) is 65.2 Å². The highest BCUT2D eigenvalue weighted by Gasteiger charge is 2.48. The third-order valence-electron chi connectivity index (χ3n) is 6.88. The van der Waals surface area contributed by atoms with Crippen LogP contribution in [0.2, 0.25) is 0 Å². The van der Waals surface area contributed by atoms with Gasteiger partial charge in [-0.05, 0) is 47.4 Å².